The molecule has 0 aliphatic heterocycles. The van der Waals surface area contributed by atoms with Crippen LogP contribution in [0.3, 0.4) is 0 Å². The fraction of sp³-hybridized carbons (Fsp3) is 0. The third-order valence-corrected chi connectivity index (χ3v) is 3.75. The Kier molecular flexibility index (Phi) is 6.38. The second kappa shape index (κ2) is 8.92. The summed E-state index contributed by atoms with van der Waals surface area (Å²) in [5.74, 6) is -1.69. The maximum absolute atomic E-state index is 12.1. The van der Waals surface area contributed by atoms with Crippen molar-refractivity contribution in [1.82, 2.24) is 0 Å². The number of hydrogen-bond acceptors (Lipinski definition) is 6. The second-order valence-corrected chi connectivity index (χ2v) is 5.73. The van der Waals surface area contributed by atoms with Crippen LogP contribution < -0.4 is 10.6 Å². The van der Waals surface area contributed by atoms with Gasteiger partial charge < -0.3 is 15.7 Å². The van der Waals surface area contributed by atoms with E-state index < -0.39 is 11.9 Å². The van der Waals surface area contributed by atoms with E-state index in [9.17, 15) is 9.59 Å². The minimum atomic E-state index is -1.07. The zero-order chi connectivity index (χ0) is 18.9. The quantitative estimate of drug-likeness (QED) is 0.310. The number of carbonyl (C=O) groups is 2. The van der Waals surface area contributed by atoms with Crippen LogP contribution in [0.25, 0.3) is 0 Å². The van der Waals surface area contributed by atoms with Gasteiger partial charge in [-0.25, -0.2) is 4.79 Å². The number of carboxylic acid groups (broad SMARTS) is 1. The molecule has 7 nitrogen and oxygen atoms in total. The molecule has 2 aromatic rings. The largest absolute Gasteiger partial charge is 0.478 e. The lowest BCUT2D eigenvalue weighted by molar-refractivity contribution is -0.112. The lowest BCUT2D eigenvalue weighted by Gasteiger charge is -2.06. The van der Waals surface area contributed by atoms with Crippen molar-refractivity contribution in [1.29, 1.82) is 10.5 Å². The van der Waals surface area contributed by atoms with E-state index in [1.807, 2.05) is 5.40 Å². The molecule has 0 spiro atoms. The highest BCUT2D eigenvalue weighted by Gasteiger charge is 2.10. The minimum absolute atomic E-state index is 0.0960. The molecule has 0 atom stereocenters. The van der Waals surface area contributed by atoms with Crippen LogP contribution in [0.4, 0.5) is 11.4 Å². The van der Waals surface area contributed by atoms with Crippen molar-refractivity contribution in [2.75, 3.05) is 10.6 Å². The van der Waals surface area contributed by atoms with Gasteiger partial charge >= 0.3 is 5.97 Å². The number of thioether (sulfide) groups is 1. The number of thiocyanates is 1. The van der Waals surface area contributed by atoms with Crippen LogP contribution in [-0.2, 0) is 4.79 Å². The average molecular weight is 364 g/mol. The predicted octanol–water partition coefficient (Wildman–Crippen LogP) is 3.42. The van der Waals surface area contributed by atoms with Crippen molar-refractivity contribution >= 4 is 35.0 Å². The zero-order valence-electron chi connectivity index (χ0n) is 13.3. The number of aromatic carboxylic acids is 1. The second-order valence-electron chi connectivity index (χ2n) is 4.87. The standard InChI is InChI=1S/C18H12N4O3S/c19-9-13(10-21-14-5-7-16(8-6-14)26-11-20)17(23)22-15-3-1-12(2-4-15)18(24)25/h1-8,10,21H,(H,22,23)(H,24,25)/b13-10-. The predicted molar refractivity (Wildman–Crippen MR) is 97.3 cm³/mol. The molecule has 0 bridgehead atoms. The maximum Gasteiger partial charge on any atom is 0.335 e. The molecule has 2 rings (SSSR count). The summed E-state index contributed by atoms with van der Waals surface area (Å²) in [4.78, 5) is 23.7. The molecule has 8 heteroatoms. The summed E-state index contributed by atoms with van der Waals surface area (Å²) in [6.07, 6.45) is 1.27. The van der Waals surface area contributed by atoms with Gasteiger partial charge in [0.25, 0.3) is 5.91 Å². The summed E-state index contributed by atoms with van der Waals surface area (Å²) >= 11 is 1.03. The first-order valence-corrected chi connectivity index (χ1v) is 8.02. The Hall–Kier alpha value is -3.75. The van der Waals surface area contributed by atoms with Gasteiger partial charge in [0, 0.05) is 22.5 Å². The van der Waals surface area contributed by atoms with Gasteiger partial charge in [0.15, 0.2) is 0 Å². The molecule has 0 heterocycles. The average Bonchev–Trinajstić information content (AvgIpc) is 2.64. The Morgan fingerprint density at radius 3 is 2.15 bits per heavy atom. The number of amides is 1. The Balaban J connectivity index is 2.03. The van der Waals surface area contributed by atoms with Gasteiger partial charge in [-0.3, -0.25) is 4.79 Å². The summed E-state index contributed by atoms with van der Waals surface area (Å²) in [6, 6.07) is 14.3. The lowest BCUT2D eigenvalue weighted by atomic mass is 10.2. The minimum Gasteiger partial charge on any atom is -0.478 e. The number of hydrogen-bond donors (Lipinski definition) is 3. The molecule has 0 aliphatic carbocycles. The van der Waals surface area contributed by atoms with E-state index >= 15 is 0 Å². The molecule has 0 radical (unpaired) electrons. The van der Waals surface area contributed by atoms with Crippen LogP contribution in [0.5, 0.6) is 0 Å². The normalized spacial score (nSPS) is 10.3. The van der Waals surface area contributed by atoms with Gasteiger partial charge in [0.1, 0.15) is 17.0 Å². The number of carboxylic acids is 1. The molecule has 2 aromatic carbocycles. The number of nitrogens with one attached hydrogen (secondary N) is 2. The van der Waals surface area contributed by atoms with Crippen LogP contribution in [0.1, 0.15) is 10.4 Å². The Bertz CT molecular complexity index is 923. The smallest absolute Gasteiger partial charge is 0.335 e. The Morgan fingerprint density at radius 1 is 1.00 bits per heavy atom. The number of nitrogens with zero attached hydrogens (tertiary/aromatic N) is 2. The molecule has 0 saturated carbocycles. The highest BCUT2D eigenvalue weighted by atomic mass is 32.2. The molecular formula is C18H12N4O3S. The van der Waals surface area contributed by atoms with E-state index in [2.05, 4.69) is 10.6 Å². The van der Waals surface area contributed by atoms with Gasteiger partial charge in [-0.2, -0.15) is 10.5 Å². The molecule has 3 N–H and O–H groups in total. The topological polar surface area (TPSA) is 126 Å². The van der Waals surface area contributed by atoms with Crippen LogP contribution in [0.15, 0.2) is 65.2 Å². The molecule has 0 fully saturated rings. The first-order chi connectivity index (χ1) is 12.5. The highest BCUT2D eigenvalue weighted by molar-refractivity contribution is 8.03. The Labute approximate surface area is 153 Å². The summed E-state index contributed by atoms with van der Waals surface area (Å²) in [5.41, 5.74) is 0.971. The Morgan fingerprint density at radius 2 is 1.62 bits per heavy atom. The highest BCUT2D eigenvalue weighted by Crippen LogP contribution is 2.19. The number of rotatable bonds is 6. The lowest BCUT2D eigenvalue weighted by Crippen LogP contribution is -2.14. The van der Waals surface area contributed by atoms with Crippen molar-refractivity contribution in [2.24, 2.45) is 0 Å². The molecule has 26 heavy (non-hydrogen) atoms. The monoisotopic (exact) mass is 364 g/mol. The SMILES string of the molecule is N#CSc1ccc(N/C=C(/C#N)C(=O)Nc2ccc(C(=O)O)cc2)cc1. The summed E-state index contributed by atoms with van der Waals surface area (Å²) in [5, 5.41) is 33.9. The van der Waals surface area contributed by atoms with Crippen LogP contribution in [0, 0.1) is 22.0 Å². The summed E-state index contributed by atoms with van der Waals surface area (Å²) < 4.78 is 0. The van der Waals surface area contributed by atoms with Gasteiger partial charge in [-0.05, 0) is 60.3 Å². The molecule has 0 aromatic heterocycles. The van der Waals surface area contributed by atoms with Gasteiger partial charge in [-0.1, -0.05) is 0 Å². The zero-order valence-corrected chi connectivity index (χ0v) is 14.1. The first kappa shape index (κ1) is 18.6. The fourth-order valence-corrected chi connectivity index (χ4v) is 2.25. The molecule has 1 amide bonds. The molecule has 0 aliphatic rings. The summed E-state index contributed by atoms with van der Waals surface area (Å²) in [6.45, 7) is 0. The van der Waals surface area contributed by atoms with E-state index in [1.165, 1.54) is 30.5 Å². The van der Waals surface area contributed by atoms with E-state index in [0.717, 1.165) is 16.7 Å². The van der Waals surface area contributed by atoms with Gasteiger partial charge in [0.2, 0.25) is 0 Å². The van der Waals surface area contributed by atoms with Crippen molar-refractivity contribution < 1.29 is 14.7 Å². The van der Waals surface area contributed by atoms with E-state index in [4.69, 9.17) is 15.6 Å². The third-order valence-electron chi connectivity index (χ3n) is 3.16. The third kappa shape index (κ3) is 5.13. The van der Waals surface area contributed by atoms with Crippen LogP contribution in [-0.4, -0.2) is 17.0 Å². The van der Waals surface area contributed by atoms with Crippen molar-refractivity contribution in [3.63, 3.8) is 0 Å². The van der Waals surface area contributed by atoms with E-state index in [1.54, 1.807) is 30.3 Å². The van der Waals surface area contributed by atoms with Crippen molar-refractivity contribution in [3.8, 4) is 11.5 Å². The number of nitriles is 2. The summed E-state index contributed by atoms with van der Waals surface area (Å²) in [7, 11) is 0. The van der Waals surface area contributed by atoms with Crippen molar-refractivity contribution in [3.05, 3.63) is 65.9 Å². The fourth-order valence-electron chi connectivity index (χ4n) is 1.87. The van der Waals surface area contributed by atoms with E-state index in [0.29, 0.717) is 11.4 Å². The number of carbonyl (C=O) groups excluding carboxylic acids is 1. The molecular weight excluding hydrogens is 352 g/mol. The van der Waals surface area contributed by atoms with Gasteiger partial charge in [-0.15, -0.1) is 0 Å². The molecule has 0 saturated heterocycles. The van der Waals surface area contributed by atoms with Gasteiger partial charge in [0.05, 0.1) is 5.56 Å². The van der Waals surface area contributed by atoms with Crippen LogP contribution in [0.2, 0.25) is 0 Å². The molecule has 0 unspecified atom stereocenters. The number of benzene rings is 2. The maximum atomic E-state index is 12.1. The number of anilines is 2. The first-order valence-electron chi connectivity index (χ1n) is 7.21. The molecule has 128 valence electrons. The van der Waals surface area contributed by atoms with Crippen LogP contribution >= 0.6 is 11.8 Å². The van der Waals surface area contributed by atoms with Crippen molar-refractivity contribution in [2.45, 2.75) is 4.90 Å². The van der Waals surface area contributed by atoms with E-state index in [-0.39, 0.29) is 11.1 Å².